The smallest absolute Gasteiger partial charge is 0.116 e. The number of rotatable bonds is 0. The molecule has 0 radical (unpaired) electrons. The van der Waals surface area contributed by atoms with Crippen molar-refractivity contribution >= 4 is 22.4 Å². The second-order valence-electron chi connectivity index (χ2n) is 2.06. The molecule has 10 heavy (non-hydrogen) atoms. The van der Waals surface area contributed by atoms with E-state index in [1.165, 1.54) is 11.5 Å². The van der Waals surface area contributed by atoms with Gasteiger partial charge in [-0.2, -0.15) is 4.37 Å². The molecule has 2 nitrogen and oxygen atoms in total. The van der Waals surface area contributed by atoms with E-state index < -0.39 is 0 Å². The van der Waals surface area contributed by atoms with Crippen LogP contribution in [0.3, 0.4) is 0 Å². The quantitative estimate of drug-likeness (QED) is 0.624. The zero-order valence-electron chi connectivity index (χ0n) is 5.11. The van der Waals surface area contributed by atoms with Crippen molar-refractivity contribution < 1.29 is 5.11 Å². The molecule has 0 aliphatic carbocycles. The highest BCUT2D eigenvalue weighted by Gasteiger charge is 1.94. The van der Waals surface area contributed by atoms with Crippen molar-refractivity contribution in [3.05, 3.63) is 23.6 Å². The monoisotopic (exact) mass is 151 g/mol. The molecule has 0 spiro atoms. The molecule has 0 saturated carbocycles. The molecule has 0 atom stereocenters. The molecule has 0 fully saturated rings. The molecule has 0 saturated heterocycles. The van der Waals surface area contributed by atoms with Crippen LogP contribution in [0.4, 0.5) is 0 Å². The Kier molecular flexibility index (Phi) is 1.11. The summed E-state index contributed by atoms with van der Waals surface area (Å²) in [5.74, 6) is 0.299. The van der Waals surface area contributed by atoms with Crippen LogP contribution in [0.15, 0.2) is 23.6 Å². The molecule has 0 aliphatic heterocycles. The Morgan fingerprint density at radius 1 is 1.40 bits per heavy atom. The summed E-state index contributed by atoms with van der Waals surface area (Å²) in [6.45, 7) is 0. The maximum absolute atomic E-state index is 9.03. The van der Waals surface area contributed by atoms with E-state index in [0.29, 0.717) is 5.75 Å². The van der Waals surface area contributed by atoms with E-state index in [4.69, 9.17) is 5.11 Å². The standard InChI is InChI=1S/C7H5NOS/c9-6-1-2-7-5(3-6)4-10-8-7/h1-4,9H. The van der Waals surface area contributed by atoms with Gasteiger partial charge in [0.05, 0.1) is 5.52 Å². The van der Waals surface area contributed by atoms with E-state index in [9.17, 15) is 0 Å². The fourth-order valence-corrected chi connectivity index (χ4v) is 1.49. The topological polar surface area (TPSA) is 33.1 Å². The van der Waals surface area contributed by atoms with Gasteiger partial charge < -0.3 is 5.11 Å². The molecule has 3 heteroatoms. The summed E-state index contributed by atoms with van der Waals surface area (Å²) in [5, 5.41) is 11.9. The average Bonchev–Trinajstić information content (AvgIpc) is 2.33. The summed E-state index contributed by atoms with van der Waals surface area (Å²) in [6.07, 6.45) is 0. The third kappa shape index (κ3) is 0.752. The Morgan fingerprint density at radius 2 is 2.30 bits per heavy atom. The normalized spacial score (nSPS) is 10.4. The van der Waals surface area contributed by atoms with E-state index in [0.717, 1.165) is 10.9 Å². The highest BCUT2D eigenvalue weighted by Crippen LogP contribution is 2.19. The minimum absolute atomic E-state index is 0.299. The van der Waals surface area contributed by atoms with Crippen molar-refractivity contribution in [2.45, 2.75) is 0 Å². The van der Waals surface area contributed by atoms with Gasteiger partial charge in [0.15, 0.2) is 0 Å². The van der Waals surface area contributed by atoms with Crippen LogP contribution in [0.1, 0.15) is 0 Å². The highest BCUT2D eigenvalue weighted by molar-refractivity contribution is 7.04. The largest absolute Gasteiger partial charge is 0.508 e. The van der Waals surface area contributed by atoms with Gasteiger partial charge in [-0.3, -0.25) is 0 Å². The lowest BCUT2D eigenvalue weighted by Gasteiger charge is -1.88. The molecule has 50 valence electrons. The van der Waals surface area contributed by atoms with Crippen LogP contribution in [-0.2, 0) is 0 Å². The van der Waals surface area contributed by atoms with E-state index in [2.05, 4.69) is 4.37 Å². The number of hydrogen-bond acceptors (Lipinski definition) is 3. The maximum atomic E-state index is 9.03. The molecule has 0 aliphatic rings. The predicted molar refractivity (Wildman–Crippen MR) is 41.3 cm³/mol. The molecule has 2 rings (SSSR count). The van der Waals surface area contributed by atoms with Gasteiger partial charge in [-0.25, -0.2) is 0 Å². The van der Waals surface area contributed by atoms with Crippen molar-refractivity contribution in [1.82, 2.24) is 4.37 Å². The lowest BCUT2D eigenvalue weighted by atomic mass is 10.2. The first-order valence-electron chi connectivity index (χ1n) is 2.89. The average molecular weight is 151 g/mol. The number of benzene rings is 1. The number of nitrogens with zero attached hydrogens (tertiary/aromatic N) is 1. The zero-order valence-corrected chi connectivity index (χ0v) is 5.93. The lowest BCUT2D eigenvalue weighted by Crippen LogP contribution is -1.65. The van der Waals surface area contributed by atoms with Crippen molar-refractivity contribution in [3.63, 3.8) is 0 Å². The summed E-state index contributed by atoms with van der Waals surface area (Å²) >= 11 is 1.40. The number of aromatic nitrogens is 1. The molecule has 0 unspecified atom stereocenters. The molecule has 1 aromatic heterocycles. The maximum Gasteiger partial charge on any atom is 0.116 e. The van der Waals surface area contributed by atoms with Crippen molar-refractivity contribution in [2.75, 3.05) is 0 Å². The van der Waals surface area contributed by atoms with Gasteiger partial charge in [0.25, 0.3) is 0 Å². The van der Waals surface area contributed by atoms with E-state index in [1.807, 2.05) is 5.38 Å². The Hall–Kier alpha value is -1.09. The molecule has 0 amide bonds. The first-order valence-corrected chi connectivity index (χ1v) is 3.73. The van der Waals surface area contributed by atoms with Crippen LogP contribution in [0.25, 0.3) is 10.9 Å². The molecule has 1 aromatic carbocycles. The third-order valence-corrected chi connectivity index (χ3v) is 2.00. The second-order valence-corrected chi connectivity index (χ2v) is 2.69. The van der Waals surface area contributed by atoms with Crippen molar-refractivity contribution in [3.8, 4) is 5.75 Å². The van der Waals surface area contributed by atoms with Crippen LogP contribution in [0.5, 0.6) is 5.75 Å². The fraction of sp³-hybridized carbons (Fsp3) is 0. The van der Waals surface area contributed by atoms with Crippen molar-refractivity contribution in [1.29, 1.82) is 0 Å². The van der Waals surface area contributed by atoms with Crippen LogP contribution in [-0.4, -0.2) is 9.48 Å². The van der Waals surface area contributed by atoms with Gasteiger partial charge in [-0.1, -0.05) is 0 Å². The predicted octanol–water partition coefficient (Wildman–Crippen LogP) is 2.00. The van der Waals surface area contributed by atoms with Gasteiger partial charge in [0, 0.05) is 10.8 Å². The zero-order chi connectivity index (χ0) is 6.97. The molecule has 1 N–H and O–H groups in total. The van der Waals surface area contributed by atoms with E-state index >= 15 is 0 Å². The number of phenolic OH excluding ortho intramolecular Hbond substituents is 1. The van der Waals surface area contributed by atoms with Gasteiger partial charge in [-0.15, -0.1) is 0 Å². The third-order valence-electron chi connectivity index (χ3n) is 1.34. The lowest BCUT2D eigenvalue weighted by molar-refractivity contribution is 0.476. The fourth-order valence-electron chi connectivity index (χ4n) is 0.859. The number of hydrogen-bond donors (Lipinski definition) is 1. The minimum atomic E-state index is 0.299. The van der Waals surface area contributed by atoms with Crippen LogP contribution < -0.4 is 0 Å². The Bertz CT molecular complexity index is 355. The van der Waals surface area contributed by atoms with E-state index in [1.54, 1.807) is 18.2 Å². The summed E-state index contributed by atoms with van der Waals surface area (Å²) in [6, 6.07) is 5.15. The van der Waals surface area contributed by atoms with Gasteiger partial charge in [-0.05, 0) is 29.7 Å². The number of aromatic hydroxyl groups is 1. The van der Waals surface area contributed by atoms with Crippen LogP contribution in [0.2, 0.25) is 0 Å². The summed E-state index contributed by atoms with van der Waals surface area (Å²) in [5.41, 5.74) is 0.947. The van der Waals surface area contributed by atoms with Crippen molar-refractivity contribution in [2.24, 2.45) is 0 Å². The van der Waals surface area contributed by atoms with E-state index in [-0.39, 0.29) is 0 Å². The number of fused-ring (bicyclic) bond motifs is 1. The van der Waals surface area contributed by atoms with Crippen LogP contribution >= 0.6 is 11.5 Å². The summed E-state index contributed by atoms with van der Waals surface area (Å²) < 4.78 is 4.09. The molecular weight excluding hydrogens is 146 g/mol. The molecule has 2 aromatic rings. The van der Waals surface area contributed by atoms with Gasteiger partial charge in [0.1, 0.15) is 5.75 Å². The minimum Gasteiger partial charge on any atom is -0.508 e. The first-order chi connectivity index (χ1) is 4.86. The Labute approximate surface area is 61.9 Å². The molecule has 0 bridgehead atoms. The van der Waals surface area contributed by atoms with Gasteiger partial charge >= 0.3 is 0 Å². The molecular formula is C7H5NOS. The number of phenols is 1. The summed E-state index contributed by atoms with van der Waals surface area (Å²) in [4.78, 5) is 0. The second kappa shape index (κ2) is 1.95. The Morgan fingerprint density at radius 3 is 3.20 bits per heavy atom. The first kappa shape index (κ1) is 5.68. The van der Waals surface area contributed by atoms with Crippen LogP contribution in [0, 0.1) is 0 Å². The van der Waals surface area contributed by atoms with Gasteiger partial charge in [0.2, 0.25) is 0 Å². The molecule has 1 heterocycles. The summed E-state index contributed by atoms with van der Waals surface area (Å²) in [7, 11) is 0. The Balaban J connectivity index is 2.86. The highest BCUT2D eigenvalue weighted by atomic mass is 32.1. The SMILES string of the molecule is Oc1ccc2nscc2c1.